The fourth-order valence-electron chi connectivity index (χ4n) is 1.45. The van der Waals surface area contributed by atoms with Crippen LogP contribution in [0.1, 0.15) is 15.9 Å². The first-order valence-electron chi connectivity index (χ1n) is 5.22. The van der Waals surface area contributed by atoms with Crippen LogP contribution in [-0.2, 0) is 7.05 Å². The topological polar surface area (TPSA) is 34.9 Å². The lowest BCUT2D eigenvalue weighted by Gasteiger charge is -1.97. The van der Waals surface area contributed by atoms with Crippen LogP contribution in [0.4, 0.5) is 4.39 Å². The Morgan fingerprint density at radius 1 is 1.50 bits per heavy atom. The van der Waals surface area contributed by atoms with Crippen LogP contribution in [0.15, 0.2) is 41.1 Å². The number of allylic oxidation sites excluding steroid dienone is 1. The number of hydrogen-bond acceptors (Lipinski definition) is 2. The summed E-state index contributed by atoms with van der Waals surface area (Å²) in [7, 11) is 1.73. The van der Waals surface area contributed by atoms with Crippen molar-refractivity contribution in [3.63, 3.8) is 0 Å². The molecular formula is C13H10BrFN2O. The predicted octanol–water partition coefficient (Wildman–Crippen LogP) is 3.22. The lowest BCUT2D eigenvalue weighted by molar-refractivity contribution is 0.104. The summed E-state index contributed by atoms with van der Waals surface area (Å²) in [5, 5.41) is 3.90. The molecule has 0 amide bonds. The Morgan fingerprint density at radius 2 is 2.28 bits per heavy atom. The third-order valence-corrected chi connectivity index (χ3v) is 2.85. The second kappa shape index (κ2) is 5.27. The molecule has 1 aromatic heterocycles. The van der Waals surface area contributed by atoms with E-state index < -0.39 is 0 Å². The summed E-state index contributed by atoms with van der Waals surface area (Å²) in [6, 6.07) is 4.57. The van der Waals surface area contributed by atoms with E-state index in [1.165, 1.54) is 24.4 Å². The highest BCUT2D eigenvalue weighted by molar-refractivity contribution is 9.10. The smallest absolute Gasteiger partial charge is 0.189 e. The Kier molecular flexibility index (Phi) is 3.72. The van der Waals surface area contributed by atoms with Crippen molar-refractivity contribution in [1.82, 2.24) is 9.78 Å². The molecule has 0 unspecified atom stereocenters. The van der Waals surface area contributed by atoms with Gasteiger partial charge in [-0.1, -0.05) is 15.9 Å². The predicted molar refractivity (Wildman–Crippen MR) is 70.7 cm³/mol. The van der Waals surface area contributed by atoms with E-state index in [1.807, 2.05) is 0 Å². The normalized spacial score (nSPS) is 11.1. The van der Waals surface area contributed by atoms with Crippen molar-refractivity contribution in [2.75, 3.05) is 0 Å². The molecular weight excluding hydrogens is 299 g/mol. The third-order valence-electron chi connectivity index (χ3n) is 2.36. The number of nitrogens with zero attached hydrogens (tertiary/aromatic N) is 2. The molecule has 0 radical (unpaired) electrons. The molecule has 2 rings (SSSR count). The minimum absolute atomic E-state index is 0.206. The van der Waals surface area contributed by atoms with Crippen molar-refractivity contribution in [2.45, 2.75) is 0 Å². The van der Waals surface area contributed by atoms with Gasteiger partial charge in [-0.05, 0) is 30.4 Å². The molecule has 0 spiro atoms. The molecule has 1 heterocycles. The summed E-state index contributed by atoms with van der Waals surface area (Å²) < 4.78 is 15.7. The molecule has 5 heteroatoms. The number of aryl methyl sites for hydroxylation is 1. The maximum Gasteiger partial charge on any atom is 0.189 e. The summed E-state index contributed by atoms with van der Waals surface area (Å²) >= 11 is 3.25. The van der Waals surface area contributed by atoms with Crippen LogP contribution >= 0.6 is 15.9 Å². The Labute approximate surface area is 112 Å². The Bertz CT molecular complexity index is 619. The molecule has 0 aliphatic heterocycles. The summed E-state index contributed by atoms with van der Waals surface area (Å²) in [6.45, 7) is 0. The number of benzene rings is 1. The molecule has 0 fully saturated rings. The van der Waals surface area contributed by atoms with Crippen LogP contribution in [0.3, 0.4) is 0 Å². The summed E-state index contributed by atoms with van der Waals surface area (Å²) in [5.41, 5.74) is 0.839. The SMILES string of the molecule is Cn1cc(C(=O)C=Cc2cc(Br)ccc2F)cn1. The van der Waals surface area contributed by atoms with Crippen LogP contribution < -0.4 is 0 Å². The molecule has 0 aliphatic rings. The number of carbonyl (C=O) groups excluding carboxylic acids is 1. The molecule has 0 aliphatic carbocycles. The van der Waals surface area contributed by atoms with Gasteiger partial charge in [-0.3, -0.25) is 9.48 Å². The Morgan fingerprint density at radius 3 is 2.94 bits per heavy atom. The van der Waals surface area contributed by atoms with Crippen LogP contribution in [0.5, 0.6) is 0 Å². The van der Waals surface area contributed by atoms with E-state index in [1.54, 1.807) is 30.1 Å². The number of aromatic nitrogens is 2. The second-order valence-electron chi connectivity index (χ2n) is 3.77. The van der Waals surface area contributed by atoms with E-state index in [-0.39, 0.29) is 11.6 Å². The van der Waals surface area contributed by atoms with E-state index in [9.17, 15) is 9.18 Å². The third kappa shape index (κ3) is 2.92. The number of carbonyl (C=O) groups is 1. The van der Waals surface area contributed by atoms with Crippen molar-refractivity contribution < 1.29 is 9.18 Å². The maximum atomic E-state index is 13.4. The van der Waals surface area contributed by atoms with Crippen molar-refractivity contribution >= 4 is 27.8 Å². The van der Waals surface area contributed by atoms with Gasteiger partial charge < -0.3 is 0 Å². The minimum Gasteiger partial charge on any atom is -0.289 e. The van der Waals surface area contributed by atoms with Crippen molar-refractivity contribution in [3.05, 3.63) is 58.1 Å². The van der Waals surface area contributed by atoms with E-state index in [2.05, 4.69) is 21.0 Å². The molecule has 0 N–H and O–H groups in total. The largest absolute Gasteiger partial charge is 0.289 e. The zero-order chi connectivity index (χ0) is 13.1. The summed E-state index contributed by atoms with van der Waals surface area (Å²) in [5.74, 6) is -0.573. The molecule has 2 aromatic rings. The van der Waals surface area contributed by atoms with Gasteiger partial charge in [-0.25, -0.2) is 4.39 Å². The zero-order valence-electron chi connectivity index (χ0n) is 9.60. The van der Waals surface area contributed by atoms with Crippen molar-refractivity contribution in [2.24, 2.45) is 7.05 Å². The van der Waals surface area contributed by atoms with Crippen LogP contribution in [0.2, 0.25) is 0 Å². The van der Waals surface area contributed by atoms with Gasteiger partial charge in [0.1, 0.15) is 5.82 Å². The van der Waals surface area contributed by atoms with E-state index in [0.717, 1.165) is 4.47 Å². The van der Waals surface area contributed by atoms with Crippen molar-refractivity contribution in [3.8, 4) is 0 Å². The van der Waals surface area contributed by atoms with Crippen molar-refractivity contribution in [1.29, 1.82) is 0 Å². The molecule has 3 nitrogen and oxygen atoms in total. The van der Waals surface area contributed by atoms with Gasteiger partial charge in [0.05, 0.1) is 11.8 Å². The van der Waals surface area contributed by atoms with Gasteiger partial charge in [0, 0.05) is 23.3 Å². The average molecular weight is 309 g/mol. The monoisotopic (exact) mass is 308 g/mol. The fourth-order valence-corrected chi connectivity index (χ4v) is 1.83. The van der Waals surface area contributed by atoms with E-state index >= 15 is 0 Å². The summed E-state index contributed by atoms with van der Waals surface area (Å²) in [6.07, 6.45) is 5.88. The Hall–Kier alpha value is -1.75. The highest BCUT2D eigenvalue weighted by Gasteiger charge is 2.05. The average Bonchev–Trinajstić information content (AvgIpc) is 2.77. The quantitative estimate of drug-likeness (QED) is 0.644. The molecule has 1 aromatic carbocycles. The van der Waals surface area contributed by atoms with Gasteiger partial charge in [0.25, 0.3) is 0 Å². The van der Waals surface area contributed by atoms with E-state index in [4.69, 9.17) is 0 Å². The fraction of sp³-hybridized carbons (Fsp3) is 0.0769. The second-order valence-corrected chi connectivity index (χ2v) is 4.68. The number of halogens is 2. The van der Waals surface area contributed by atoms with E-state index in [0.29, 0.717) is 11.1 Å². The molecule has 0 saturated carbocycles. The van der Waals surface area contributed by atoms with Crippen LogP contribution in [0.25, 0.3) is 6.08 Å². The van der Waals surface area contributed by atoms with Gasteiger partial charge in [0.2, 0.25) is 0 Å². The minimum atomic E-state index is -0.367. The number of rotatable bonds is 3. The highest BCUT2D eigenvalue weighted by Crippen LogP contribution is 2.17. The van der Waals surface area contributed by atoms with Gasteiger partial charge in [0.15, 0.2) is 5.78 Å². The summed E-state index contributed by atoms with van der Waals surface area (Å²) in [4.78, 5) is 11.8. The lowest BCUT2D eigenvalue weighted by atomic mass is 10.1. The first kappa shape index (κ1) is 12.7. The zero-order valence-corrected chi connectivity index (χ0v) is 11.2. The molecule has 0 bridgehead atoms. The van der Waals surface area contributed by atoms with Gasteiger partial charge >= 0.3 is 0 Å². The Balaban J connectivity index is 2.20. The lowest BCUT2D eigenvalue weighted by Crippen LogP contribution is -1.92. The first-order valence-corrected chi connectivity index (χ1v) is 6.01. The van der Waals surface area contributed by atoms with Gasteiger partial charge in [-0.2, -0.15) is 5.10 Å². The number of hydrogen-bond donors (Lipinski definition) is 0. The number of ketones is 1. The first-order chi connectivity index (χ1) is 8.56. The van der Waals surface area contributed by atoms with Gasteiger partial charge in [-0.15, -0.1) is 0 Å². The van der Waals surface area contributed by atoms with Crippen LogP contribution in [0, 0.1) is 5.82 Å². The molecule has 0 saturated heterocycles. The molecule has 0 atom stereocenters. The molecule has 18 heavy (non-hydrogen) atoms. The van der Waals surface area contributed by atoms with Crippen LogP contribution in [-0.4, -0.2) is 15.6 Å². The molecule has 92 valence electrons. The standard InChI is InChI=1S/C13H10BrFN2O/c1-17-8-10(7-16-17)13(18)5-2-9-6-11(14)3-4-12(9)15/h2-8H,1H3. The maximum absolute atomic E-state index is 13.4. The highest BCUT2D eigenvalue weighted by atomic mass is 79.9.